The Morgan fingerprint density at radius 1 is 1.21 bits per heavy atom. The van der Waals surface area contributed by atoms with Crippen LogP contribution in [0.2, 0.25) is 5.02 Å². The summed E-state index contributed by atoms with van der Waals surface area (Å²) in [4.78, 5) is 35.2. The zero-order valence-electron chi connectivity index (χ0n) is 18.0. The van der Waals surface area contributed by atoms with Crippen molar-refractivity contribution in [1.29, 1.82) is 0 Å². The Kier molecular flexibility index (Phi) is 5.41. The van der Waals surface area contributed by atoms with E-state index in [1.807, 2.05) is 17.0 Å². The van der Waals surface area contributed by atoms with E-state index in [9.17, 15) is 19.1 Å². The number of halogens is 2. The Morgan fingerprint density at radius 2 is 1.91 bits per heavy atom. The van der Waals surface area contributed by atoms with E-state index in [0.717, 1.165) is 12.3 Å². The van der Waals surface area contributed by atoms with E-state index in [1.165, 1.54) is 27.8 Å². The van der Waals surface area contributed by atoms with Gasteiger partial charge in [0.05, 0.1) is 17.3 Å². The molecule has 4 aromatic rings. The van der Waals surface area contributed by atoms with Gasteiger partial charge < -0.3 is 15.3 Å². The maximum absolute atomic E-state index is 13.5. The van der Waals surface area contributed by atoms with Gasteiger partial charge >= 0.3 is 5.97 Å². The molecule has 0 radical (unpaired) electrons. The average molecular weight is 480 g/mol. The first-order chi connectivity index (χ1) is 16.3. The summed E-state index contributed by atoms with van der Waals surface area (Å²) in [6.45, 7) is 3.03. The zero-order valence-corrected chi connectivity index (χ0v) is 18.8. The highest BCUT2D eigenvalue weighted by Crippen LogP contribution is 2.29. The second-order valence-corrected chi connectivity index (χ2v) is 8.54. The van der Waals surface area contributed by atoms with Gasteiger partial charge in [-0.2, -0.15) is 0 Å². The first-order valence-electron chi connectivity index (χ1n) is 10.5. The molecule has 0 saturated heterocycles. The number of anilines is 2. The Balaban J connectivity index is 1.56. The number of nitrogens with one attached hydrogen (secondary N) is 1. The summed E-state index contributed by atoms with van der Waals surface area (Å²) in [7, 11) is 0. The minimum atomic E-state index is -1.32. The number of pyridine rings is 2. The van der Waals surface area contributed by atoms with Crippen LogP contribution in [-0.2, 0) is 13.1 Å². The molecule has 8 nitrogen and oxygen atoms in total. The molecular formula is C24H19ClFN5O3. The van der Waals surface area contributed by atoms with Crippen molar-refractivity contribution < 1.29 is 14.3 Å². The van der Waals surface area contributed by atoms with E-state index in [4.69, 9.17) is 16.6 Å². The maximum atomic E-state index is 13.5. The van der Waals surface area contributed by atoms with Crippen LogP contribution >= 0.6 is 11.6 Å². The Morgan fingerprint density at radius 3 is 2.59 bits per heavy atom. The molecule has 0 spiro atoms. The minimum Gasteiger partial charge on any atom is -0.478 e. The van der Waals surface area contributed by atoms with Gasteiger partial charge in [-0.25, -0.2) is 19.2 Å². The summed E-state index contributed by atoms with van der Waals surface area (Å²) in [6, 6.07) is 11.5. The van der Waals surface area contributed by atoms with Crippen molar-refractivity contribution in [2.75, 3.05) is 10.2 Å². The summed E-state index contributed by atoms with van der Waals surface area (Å²) < 4.78 is 14.9. The second-order valence-electron chi connectivity index (χ2n) is 8.11. The van der Waals surface area contributed by atoms with Gasteiger partial charge in [-0.15, -0.1) is 0 Å². The van der Waals surface area contributed by atoms with Crippen LogP contribution < -0.4 is 15.8 Å². The summed E-state index contributed by atoms with van der Waals surface area (Å²) in [5.74, 6) is -1.55. The fraction of sp³-hybridized carbons (Fsp3) is 0.167. The molecule has 1 aromatic carbocycles. The van der Waals surface area contributed by atoms with Gasteiger partial charge in [0.15, 0.2) is 0 Å². The lowest BCUT2D eigenvalue weighted by Gasteiger charge is -2.21. The van der Waals surface area contributed by atoms with Gasteiger partial charge in [0.1, 0.15) is 28.7 Å². The Hall–Kier alpha value is -3.98. The third-order valence-electron chi connectivity index (χ3n) is 5.81. The summed E-state index contributed by atoms with van der Waals surface area (Å²) in [5, 5.41) is 12.7. The lowest BCUT2D eigenvalue weighted by molar-refractivity contribution is 0.0697. The number of carboxylic acids is 1. The first-order valence-corrected chi connectivity index (χ1v) is 10.9. The number of benzene rings is 1. The fourth-order valence-electron chi connectivity index (χ4n) is 4.16. The lowest BCUT2D eigenvalue weighted by atomic mass is 10.1. The summed E-state index contributed by atoms with van der Waals surface area (Å²) in [5.41, 5.74) is 2.70. The van der Waals surface area contributed by atoms with Crippen molar-refractivity contribution in [3.63, 3.8) is 0 Å². The molecule has 5 rings (SSSR count). The van der Waals surface area contributed by atoms with Crippen LogP contribution in [0.25, 0.3) is 5.65 Å². The van der Waals surface area contributed by atoms with E-state index in [1.54, 1.807) is 13.0 Å². The monoisotopic (exact) mass is 479 g/mol. The van der Waals surface area contributed by atoms with Crippen molar-refractivity contribution in [1.82, 2.24) is 14.4 Å². The molecule has 0 saturated carbocycles. The SMILES string of the molecule is C[C@@H](Nc1ncc(F)cc1C(=O)O)c1cc(Cl)cn2c(=O)cc(N3Cc4ccccc4C3)nc12. The van der Waals surface area contributed by atoms with E-state index >= 15 is 0 Å². The van der Waals surface area contributed by atoms with Crippen LogP contribution in [0.4, 0.5) is 16.0 Å². The fourth-order valence-corrected chi connectivity index (χ4v) is 4.37. The molecule has 0 amide bonds. The number of nitrogens with zero attached hydrogens (tertiary/aromatic N) is 4. The van der Waals surface area contributed by atoms with Crippen LogP contribution in [0.5, 0.6) is 0 Å². The summed E-state index contributed by atoms with van der Waals surface area (Å²) >= 11 is 6.29. The van der Waals surface area contributed by atoms with Gasteiger partial charge in [0, 0.05) is 30.9 Å². The van der Waals surface area contributed by atoms with Gasteiger partial charge in [-0.3, -0.25) is 9.20 Å². The number of carbonyl (C=O) groups is 1. The normalized spacial score (nSPS) is 13.7. The van der Waals surface area contributed by atoms with Gasteiger partial charge in [0.25, 0.3) is 5.56 Å². The van der Waals surface area contributed by atoms with Crippen LogP contribution in [0, 0.1) is 5.82 Å². The molecule has 172 valence electrons. The molecule has 0 unspecified atom stereocenters. The van der Waals surface area contributed by atoms with Crippen molar-refractivity contribution in [2.45, 2.75) is 26.1 Å². The number of aromatic nitrogens is 3. The number of aromatic carboxylic acids is 1. The largest absolute Gasteiger partial charge is 0.478 e. The molecule has 2 N–H and O–H groups in total. The Bertz CT molecular complexity index is 1480. The van der Waals surface area contributed by atoms with E-state index in [2.05, 4.69) is 22.4 Å². The molecule has 0 fully saturated rings. The van der Waals surface area contributed by atoms with Crippen LogP contribution in [0.15, 0.2) is 59.7 Å². The number of hydrogen-bond acceptors (Lipinski definition) is 6. The molecule has 0 aliphatic carbocycles. The highest BCUT2D eigenvalue weighted by Gasteiger charge is 2.23. The molecule has 34 heavy (non-hydrogen) atoms. The van der Waals surface area contributed by atoms with Gasteiger partial charge in [-0.1, -0.05) is 35.9 Å². The molecule has 1 aliphatic rings. The molecule has 1 atom stereocenters. The molecule has 0 bridgehead atoms. The maximum Gasteiger partial charge on any atom is 0.339 e. The van der Waals surface area contributed by atoms with Crippen molar-refractivity contribution in [3.8, 4) is 0 Å². The predicted molar refractivity (Wildman–Crippen MR) is 126 cm³/mol. The Labute approximate surface area is 198 Å². The molecular weight excluding hydrogens is 461 g/mol. The van der Waals surface area contributed by atoms with Crippen LogP contribution in [0.3, 0.4) is 0 Å². The van der Waals surface area contributed by atoms with E-state index in [-0.39, 0.29) is 16.9 Å². The first kappa shape index (κ1) is 21.8. The number of hydrogen-bond donors (Lipinski definition) is 2. The quantitative estimate of drug-likeness (QED) is 0.441. The highest BCUT2D eigenvalue weighted by molar-refractivity contribution is 6.30. The third kappa shape index (κ3) is 3.94. The second kappa shape index (κ2) is 8.42. The van der Waals surface area contributed by atoms with Gasteiger partial charge in [-0.05, 0) is 30.2 Å². The van der Waals surface area contributed by atoms with Crippen molar-refractivity contribution in [3.05, 3.63) is 98.3 Å². The lowest BCUT2D eigenvalue weighted by Crippen LogP contribution is -2.23. The molecule has 4 heterocycles. The smallest absolute Gasteiger partial charge is 0.339 e. The highest BCUT2D eigenvalue weighted by atomic mass is 35.5. The summed E-state index contributed by atoms with van der Waals surface area (Å²) in [6.07, 6.45) is 2.42. The third-order valence-corrected chi connectivity index (χ3v) is 6.02. The predicted octanol–water partition coefficient (Wildman–Crippen LogP) is 4.27. The number of fused-ring (bicyclic) bond motifs is 2. The van der Waals surface area contributed by atoms with E-state index < -0.39 is 17.8 Å². The topological polar surface area (TPSA) is 99.8 Å². The standard InChI is InChI=1S/C24H19ClFN5O3/c1-13(28-22-19(24(33)34)7-17(26)9-27-22)18-6-16(25)12-31-21(32)8-20(29-23(18)31)30-10-14-4-2-3-5-15(14)11-30/h2-9,12-13H,10-11H2,1H3,(H,27,28)(H,33,34)/t13-/m1/s1. The van der Waals surface area contributed by atoms with Crippen LogP contribution in [0.1, 0.15) is 40.0 Å². The zero-order chi connectivity index (χ0) is 24.0. The van der Waals surface area contributed by atoms with Crippen LogP contribution in [-0.4, -0.2) is 25.4 Å². The molecule has 10 heteroatoms. The number of rotatable bonds is 5. The van der Waals surface area contributed by atoms with Crippen molar-refractivity contribution >= 4 is 34.9 Å². The molecule has 3 aromatic heterocycles. The van der Waals surface area contributed by atoms with Gasteiger partial charge in [0.2, 0.25) is 0 Å². The minimum absolute atomic E-state index is 0.00646. The average Bonchev–Trinajstić information content (AvgIpc) is 3.24. The van der Waals surface area contributed by atoms with E-state index in [0.29, 0.717) is 35.1 Å². The molecule has 1 aliphatic heterocycles. The van der Waals surface area contributed by atoms with Crippen molar-refractivity contribution in [2.24, 2.45) is 0 Å². The number of carboxylic acid groups (broad SMARTS) is 1.